The first-order valence-electron chi connectivity index (χ1n) is 4.77. The molecule has 1 amide bonds. The van der Waals surface area contributed by atoms with Crippen molar-refractivity contribution in [2.24, 2.45) is 11.7 Å². The topological polar surface area (TPSA) is 55.1 Å². The molecule has 3 nitrogen and oxygen atoms in total. The minimum absolute atomic E-state index is 0.175. The number of carbonyl (C=O) groups excluding carboxylic acids is 1. The largest absolute Gasteiger partial charge is 0.356 e. The van der Waals surface area contributed by atoms with Gasteiger partial charge in [-0.1, -0.05) is 6.42 Å². The zero-order valence-electron chi connectivity index (χ0n) is 7.68. The lowest BCUT2D eigenvalue weighted by atomic mass is 9.85. The number of nitrogens with one attached hydrogen (secondary N) is 1. The van der Waals surface area contributed by atoms with E-state index in [0.717, 1.165) is 32.2 Å². The zero-order valence-corrected chi connectivity index (χ0v) is 7.68. The monoisotopic (exact) mass is 170 g/mol. The minimum Gasteiger partial charge on any atom is -0.356 e. The second-order valence-electron chi connectivity index (χ2n) is 3.52. The molecular weight excluding hydrogens is 152 g/mol. The molecule has 0 aliphatic heterocycles. The molecule has 1 aliphatic rings. The Labute approximate surface area is 73.7 Å². The van der Waals surface area contributed by atoms with Crippen LogP contribution in [-0.4, -0.2) is 18.5 Å². The van der Waals surface area contributed by atoms with Gasteiger partial charge in [-0.3, -0.25) is 4.79 Å². The van der Waals surface area contributed by atoms with E-state index in [9.17, 15) is 4.79 Å². The predicted octanol–water partition coefficient (Wildman–Crippen LogP) is 0.640. The molecule has 2 atom stereocenters. The van der Waals surface area contributed by atoms with Crippen molar-refractivity contribution in [3.8, 4) is 0 Å². The maximum absolute atomic E-state index is 11.4. The Hall–Kier alpha value is -0.570. The number of nitrogens with two attached hydrogens (primary N) is 1. The summed E-state index contributed by atoms with van der Waals surface area (Å²) in [5.74, 6) is 0.362. The van der Waals surface area contributed by atoms with Crippen LogP contribution < -0.4 is 11.1 Å². The van der Waals surface area contributed by atoms with Crippen molar-refractivity contribution in [3.05, 3.63) is 0 Å². The highest BCUT2D eigenvalue weighted by molar-refractivity contribution is 5.78. The molecule has 1 rings (SSSR count). The van der Waals surface area contributed by atoms with E-state index in [1.54, 1.807) is 0 Å². The van der Waals surface area contributed by atoms with Gasteiger partial charge in [0.1, 0.15) is 0 Å². The molecule has 0 bridgehead atoms. The SMILES string of the molecule is CCNC(=O)[C@@H]1CCC[C@H](N)C1. The van der Waals surface area contributed by atoms with Crippen LogP contribution in [0.2, 0.25) is 0 Å². The van der Waals surface area contributed by atoms with Gasteiger partial charge in [0, 0.05) is 18.5 Å². The van der Waals surface area contributed by atoms with Crippen LogP contribution >= 0.6 is 0 Å². The fraction of sp³-hybridized carbons (Fsp3) is 0.889. The number of hydrogen-bond donors (Lipinski definition) is 2. The molecule has 0 aromatic carbocycles. The Balaban J connectivity index is 2.35. The highest BCUT2D eigenvalue weighted by Gasteiger charge is 2.24. The van der Waals surface area contributed by atoms with Crippen LogP contribution in [0.15, 0.2) is 0 Å². The smallest absolute Gasteiger partial charge is 0.223 e. The van der Waals surface area contributed by atoms with Gasteiger partial charge in [-0.25, -0.2) is 0 Å². The van der Waals surface area contributed by atoms with Crippen LogP contribution in [0.3, 0.4) is 0 Å². The van der Waals surface area contributed by atoms with Gasteiger partial charge in [-0.15, -0.1) is 0 Å². The Morgan fingerprint density at radius 2 is 2.33 bits per heavy atom. The molecule has 3 heteroatoms. The van der Waals surface area contributed by atoms with Gasteiger partial charge in [-0.2, -0.15) is 0 Å². The van der Waals surface area contributed by atoms with E-state index in [1.807, 2.05) is 6.92 Å². The first-order chi connectivity index (χ1) is 5.74. The van der Waals surface area contributed by atoms with Gasteiger partial charge in [0.25, 0.3) is 0 Å². The summed E-state index contributed by atoms with van der Waals surface area (Å²) in [7, 11) is 0. The summed E-state index contributed by atoms with van der Waals surface area (Å²) in [6, 6.07) is 0.242. The summed E-state index contributed by atoms with van der Waals surface area (Å²) < 4.78 is 0. The second-order valence-corrected chi connectivity index (χ2v) is 3.52. The number of carbonyl (C=O) groups is 1. The summed E-state index contributed by atoms with van der Waals surface area (Å²) in [5, 5.41) is 2.84. The van der Waals surface area contributed by atoms with E-state index in [0.29, 0.717) is 0 Å². The Bertz CT molecular complexity index is 159. The van der Waals surface area contributed by atoms with E-state index >= 15 is 0 Å². The van der Waals surface area contributed by atoms with E-state index in [4.69, 9.17) is 5.73 Å². The van der Waals surface area contributed by atoms with Crippen molar-refractivity contribution in [3.63, 3.8) is 0 Å². The molecule has 0 heterocycles. The normalized spacial score (nSPS) is 29.8. The van der Waals surface area contributed by atoms with Gasteiger partial charge in [0.2, 0.25) is 5.91 Å². The van der Waals surface area contributed by atoms with E-state index in [2.05, 4.69) is 5.32 Å². The van der Waals surface area contributed by atoms with E-state index < -0.39 is 0 Å². The highest BCUT2D eigenvalue weighted by Crippen LogP contribution is 2.22. The van der Waals surface area contributed by atoms with Crippen molar-refractivity contribution < 1.29 is 4.79 Å². The fourth-order valence-electron chi connectivity index (χ4n) is 1.78. The second kappa shape index (κ2) is 4.45. The number of amides is 1. The molecule has 12 heavy (non-hydrogen) atoms. The summed E-state index contributed by atoms with van der Waals surface area (Å²) in [4.78, 5) is 11.4. The quantitative estimate of drug-likeness (QED) is 0.639. The molecule has 0 aromatic rings. The molecule has 3 N–H and O–H groups in total. The third-order valence-corrected chi connectivity index (χ3v) is 2.44. The fourth-order valence-corrected chi connectivity index (χ4v) is 1.78. The van der Waals surface area contributed by atoms with Gasteiger partial charge in [-0.05, 0) is 26.2 Å². The lowest BCUT2D eigenvalue weighted by Crippen LogP contribution is -2.37. The number of rotatable bonds is 2. The van der Waals surface area contributed by atoms with Crippen LogP contribution in [0.25, 0.3) is 0 Å². The molecule has 1 saturated carbocycles. The standard InChI is InChI=1S/C9H18N2O/c1-2-11-9(12)7-4-3-5-8(10)6-7/h7-8H,2-6,10H2,1H3,(H,11,12)/t7-,8+/m1/s1. The van der Waals surface area contributed by atoms with Crippen LogP contribution in [0.4, 0.5) is 0 Å². The van der Waals surface area contributed by atoms with Crippen LogP contribution in [0.1, 0.15) is 32.6 Å². The first-order valence-corrected chi connectivity index (χ1v) is 4.77. The third kappa shape index (κ3) is 2.48. The molecule has 70 valence electrons. The molecular formula is C9H18N2O. The maximum Gasteiger partial charge on any atom is 0.223 e. The summed E-state index contributed by atoms with van der Waals surface area (Å²) in [6.45, 7) is 2.67. The van der Waals surface area contributed by atoms with Gasteiger partial charge in [0.15, 0.2) is 0 Å². The van der Waals surface area contributed by atoms with E-state index in [1.165, 1.54) is 0 Å². The zero-order chi connectivity index (χ0) is 8.97. The molecule has 0 spiro atoms. The summed E-state index contributed by atoms with van der Waals surface area (Å²) >= 11 is 0. The predicted molar refractivity (Wildman–Crippen MR) is 48.6 cm³/mol. The van der Waals surface area contributed by atoms with Crippen LogP contribution in [-0.2, 0) is 4.79 Å². The molecule has 0 aromatic heterocycles. The lowest BCUT2D eigenvalue weighted by Gasteiger charge is -2.25. The Morgan fingerprint density at radius 1 is 1.58 bits per heavy atom. The highest BCUT2D eigenvalue weighted by atomic mass is 16.1. The molecule has 0 saturated heterocycles. The van der Waals surface area contributed by atoms with Crippen molar-refractivity contribution in [2.45, 2.75) is 38.6 Å². The Morgan fingerprint density at radius 3 is 2.92 bits per heavy atom. The van der Waals surface area contributed by atoms with E-state index in [-0.39, 0.29) is 17.9 Å². The van der Waals surface area contributed by atoms with Crippen molar-refractivity contribution >= 4 is 5.91 Å². The molecule has 0 unspecified atom stereocenters. The average Bonchev–Trinajstić information content (AvgIpc) is 2.05. The van der Waals surface area contributed by atoms with Crippen LogP contribution in [0, 0.1) is 5.92 Å². The maximum atomic E-state index is 11.4. The summed E-state index contributed by atoms with van der Waals surface area (Å²) in [5.41, 5.74) is 5.78. The van der Waals surface area contributed by atoms with Gasteiger partial charge < -0.3 is 11.1 Å². The average molecular weight is 170 g/mol. The van der Waals surface area contributed by atoms with Crippen molar-refractivity contribution in [2.75, 3.05) is 6.54 Å². The molecule has 1 aliphatic carbocycles. The van der Waals surface area contributed by atoms with Crippen molar-refractivity contribution in [1.29, 1.82) is 0 Å². The first kappa shape index (κ1) is 9.52. The van der Waals surface area contributed by atoms with Crippen molar-refractivity contribution in [1.82, 2.24) is 5.32 Å². The number of hydrogen-bond acceptors (Lipinski definition) is 2. The summed E-state index contributed by atoms with van der Waals surface area (Å²) in [6.07, 6.45) is 4.06. The van der Waals surface area contributed by atoms with Gasteiger partial charge >= 0.3 is 0 Å². The Kier molecular flexibility index (Phi) is 3.53. The van der Waals surface area contributed by atoms with Crippen LogP contribution in [0.5, 0.6) is 0 Å². The minimum atomic E-state index is 0.175. The molecule has 0 radical (unpaired) electrons. The molecule has 1 fully saturated rings. The van der Waals surface area contributed by atoms with Gasteiger partial charge in [0.05, 0.1) is 0 Å². The third-order valence-electron chi connectivity index (χ3n) is 2.44. The lowest BCUT2D eigenvalue weighted by molar-refractivity contribution is -0.125.